The minimum Gasteiger partial charge on any atom is -0.508 e. The number of amides is 1. The van der Waals surface area contributed by atoms with Crippen LogP contribution in [0.15, 0.2) is 60.0 Å². The van der Waals surface area contributed by atoms with Gasteiger partial charge in [0.05, 0.1) is 23.6 Å². The standard InChI is InChI=1S/C17H16N4O2/c22-14-7-5-13(6-8-14)11-19-20-17(23)9-10-21-12-18-15-3-1-2-4-16(15)21/h1-8,11-12,22H,9-10H2,(H,20,23)/b19-11-. The van der Waals surface area contributed by atoms with Crippen LogP contribution >= 0.6 is 0 Å². The number of fused-ring (bicyclic) bond motifs is 1. The summed E-state index contributed by atoms with van der Waals surface area (Å²) in [5.74, 6) is 0.0246. The van der Waals surface area contributed by atoms with E-state index >= 15 is 0 Å². The minimum atomic E-state index is -0.169. The molecule has 0 spiro atoms. The van der Waals surface area contributed by atoms with Crippen molar-refractivity contribution in [2.75, 3.05) is 0 Å². The summed E-state index contributed by atoms with van der Waals surface area (Å²) in [4.78, 5) is 16.1. The van der Waals surface area contributed by atoms with Gasteiger partial charge in [0.2, 0.25) is 5.91 Å². The molecule has 0 saturated heterocycles. The molecule has 3 aromatic rings. The van der Waals surface area contributed by atoms with E-state index < -0.39 is 0 Å². The van der Waals surface area contributed by atoms with Gasteiger partial charge in [-0.3, -0.25) is 4.79 Å². The van der Waals surface area contributed by atoms with Crippen LogP contribution in [0.4, 0.5) is 0 Å². The smallest absolute Gasteiger partial charge is 0.241 e. The molecular weight excluding hydrogens is 292 g/mol. The topological polar surface area (TPSA) is 79.5 Å². The number of para-hydroxylation sites is 2. The molecule has 2 aromatic carbocycles. The Morgan fingerprint density at radius 1 is 1.22 bits per heavy atom. The van der Waals surface area contributed by atoms with Gasteiger partial charge < -0.3 is 9.67 Å². The molecular formula is C17H16N4O2. The van der Waals surface area contributed by atoms with Crippen LogP contribution in [-0.4, -0.2) is 26.8 Å². The van der Waals surface area contributed by atoms with Crippen LogP contribution < -0.4 is 5.43 Å². The predicted molar refractivity (Wildman–Crippen MR) is 88.2 cm³/mol. The van der Waals surface area contributed by atoms with E-state index in [-0.39, 0.29) is 11.7 Å². The van der Waals surface area contributed by atoms with Crippen molar-refractivity contribution in [2.24, 2.45) is 5.10 Å². The third-order valence-corrected chi connectivity index (χ3v) is 3.40. The summed E-state index contributed by atoms with van der Waals surface area (Å²) < 4.78 is 1.94. The van der Waals surface area contributed by atoms with Gasteiger partial charge in [0.25, 0.3) is 0 Å². The molecule has 6 heteroatoms. The zero-order valence-corrected chi connectivity index (χ0v) is 12.4. The molecule has 0 radical (unpaired) electrons. The first-order valence-electron chi connectivity index (χ1n) is 7.23. The highest BCUT2D eigenvalue weighted by Gasteiger charge is 2.04. The Bertz CT molecular complexity index is 837. The van der Waals surface area contributed by atoms with Crippen molar-refractivity contribution in [2.45, 2.75) is 13.0 Å². The highest BCUT2D eigenvalue weighted by molar-refractivity contribution is 5.82. The van der Waals surface area contributed by atoms with Crippen molar-refractivity contribution in [1.82, 2.24) is 15.0 Å². The number of carbonyl (C=O) groups excluding carboxylic acids is 1. The number of imidazole rings is 1. The lowest BCUT2D eigenvalue weighted by Gasteiger charge is -2.03. The summed E-state index contributed by atoms with van der Waals surface area (Å²) in [5.41, 5.74) is 5.21. The van der Waals surface area contributed by atoms with Crippen LogP contribution in [0.25, 0.3) is 11.0 Å². The molecule has 23 heavy (non-hydrogen) atoms. The molecule has 2 N–H and O–H groups in total. The quantitative estimate of drug-likeness (QED) is 0.560. The SMILES string of the molecule is O=C(CCn1cnc2ccccc21)N/N=C\c1ccc(O)cc1. The fourth-order valence-electron chi connectivity index (χ4n) is 2.21. The van der Waals surface area contributed by atoms with Gasteiger partial charge in [-0.25, -0.2) is 10.4 Å². The van der Waals surface area contributed by atoms with E-state index in [1.807, 2.05) is 28.8 Å². The van der Waals surface area contributed by atoms with Gasteiger partial charge in [0.15, 0.2) is 0 Å². The van der Waals surface area contributed by atoms with Crippen LogP contribution in [0.1, 0.15) is 12.0 Å². The first-order chi connectivity index (χ1) is 11.2. The van der Waals surface area contributed by atoms with E-state index in [0.29, 0.717) is 13.0 Å². The average molecular weight is 308 g/mol. The molecule has 0 saturated carbocycles. The van der Waals surface area contributed by atoms with Crippen molar-refractivity contribution < 1.29 is 9.90 Å². The maximum atomic E-state index is 11.8. The van der Waals surface area contributed by atoms with Crippen molar-refractivity contribution in [3.63, 3.8) is 0 Å². The third kappa shape index (κ3) is 3.74. The molecule has 0 aliphatic rings. The van der Waals surface area contributed by atoms with E-state index in [1.165, 1.54) is 6.21 Å². The van der Waals surface area contributed by atoms with Crippen LogP contribution in [0.3, 0.4) is 0 Å². The minimum absolute atomic E-state index is 0.169. The highest BCUT2D eigenvalue weighted by atomic mass is 16.3. The van der Waals surface area contributed by atoms with E-state index in [2.05, 4.69) is 15.5 Å². The number of aromatic hydroxyl groups is 1. The molecule has 0 bridgehead atoms. The largest absolute Gasteiger partial charge is 0.508 e. The number of aromatic nitrogens is 2. The van der Waals surface area contributed by atoms with Crippen LogP contribution in [0, 0.1) is 0 Å². The van der Waals surface area contributed by atoms with Gasteiger partial charge in [-0.05, 0) is 42.0 Å². The first kappa shape index (κ1) is 14.8. The van der Waals surface area contributed by atoms with Crippen LogP contribution in [0.2, 0.25) is 0 Å². The summed E-state index contributed by atoms with van der Waals surface area (Å²) in [6.07, 6.45) is 3.58. The Balaban J connectivity index is 1.52. The number of nitrogens with one attached hydrogen (secondary N) is 1. The molecule has 0 fully saturated rings. The molecule has 0 aliphatic heterocycles. The van der Waals surface area contributed by atoms with Gasteiger partial charge in [0, 0.05) is 13.0 Å². The average Bonchev–Trinajstić information content (AvgIpc) is 2.98. The van der Waals surface area contributed by atoms with E-state index in [1.54, 1.807) is 30.6 Å². The lowest BCUT2D eigenvalue weighted by atomic mass is 10.2. The lowest BCUT2D eigenvalue weighted by molar-refractivity contribution is -0.121. The molecule has 1 amide bonds. The normalized spacial score (nSPS) is 11.1. The number of phenols is 1. The number of hydrazone groups is 1. The second-order valence-electron chi connectivity index (χ2n) is 5.06. The monoisotopic (exact) mass is 308 g/mol. The van der Waals surface area contributed by atoms with Crippen molar-refractivity contribution >= 4 is 23.2 Å². The fourth-order valence-corrected chi connectivity index (χ4v) is 2.21. The van der Waals surface area contributed by atoms with Gasteiger partial charge in [0.1, 0.15) is 5.75 Å². The summed E-state index contributed by atoms with van der Waals surface area (Å²) in [7, 11) is 0. The van der Waals surface area contributed by atoms with Gasteiger partial charge in [-0.15, -0.1) is 0 Å². The Morgan fingerprint density at radius 2 is 2.00 bits per heavy atom. The van der Waals surface area contributed by atoms with Gasteiger partial charge >= 0.3 is 0 Å². The van der Waals surface area contributed by atoms with Crippen LogP contribution in [-0.2, 0) is 11.3 Å². The Morgan fingerprint density at radius 3 is 2.83 bits per heavy atom. The number of benzene rings is 2. The zero-order chi connectivity index (χ0) is 16.1. The molecule has 0 unspecified atom stereocenters. The highest BCUT2D eigenvalue weighted by Crippen LogP contribution is 2.12. The Hall–Kier alpha value is -3.15. The number of carbonyl (C=O) groups is 1. The number of hydrogen-bond acceptors (Lipinski definition) is 4. The van der Waals surface area contributed by atoms with Crippen molar-refractivity contribution in [1.29, 1.82) is 0 Å². The maximum Gasteiger partial charge on any atom is 0.241 e. The zero-order valence-electron chi connectivity index (χ0n) is 12.4. The van der Waals surface area contributed by atoms with Gasteiger partial charge in [-0.2, -0.15) is 5.10 Å². The predicted octanol–water partition coefficient (Wildman–Crippen LogP) is 2.28. The van der Waals surface area contributed by atoms with E-state index in [4.69, 9.17) is 0 Å². The number of hydrogen-bond donors (Lipinski definition) is 2. The summed E-state index contributed by atoms with van der Waals surface area (Å²) in [5, 5.41) is 13.1. The summed E-state index contributed by atoms with van der Waals surface area (Å²) in [6, 6.07) is 14.3. The third-order valence-electron chi connectivity index (χ3n) is 3.40. The second-order valence-corrected chi connectivity index (χ2v) is 5.06. The maximum absolute atomic E-state index is 11.8. The number of nitrogens with zero attached hydrogens (tertiary/aromatic N) is 3. The summed E-state index contributed by atoms with van der Waals surface area (Å²) >= 11 is 0. The summed E-state index contributed by atoms with van der Waals surface area (Å²) in [6.45, 7) is 0.543. The molecule has 116 valence electrons. The van der Waals surface area contributed by atoms with E-state index in [0.717, 1.165) is 16.6 Å². The molecule has 6 nitrogen and oxygen atoms in total. The number of phenolic OH excluding ortho intramolecular Hbond substituents is 1. The molecule has 0 aliphatic carbocycles. The fraction of sp³-hybridized carbons (Fsp3) is 0.118. The number of aryl methyl sites for hydroxylation is 1. The molecule has 1 aromatic heterocycles. The molecule has 0 atom stereocenters. The Kier molecular flexibility index (Phi) is 4.33. The molecule has 3 rings (SSSR count). The number of rotatable bonds is 5. The van der Waals surface area contributed by atoms with Crippen molar-refractivity contribution in [3.05, 3.63) is 60.4 Å². The van der Waals surface area contributed by atoms with Crippen molar-refractivity contribution in [3.8, 4) is 5.75 Å². The molecule has 1 heterocycles. The Labute approximate surface area is 133 Å². The van der Waals surface area contributed by atoms with Crippen LogP contribution in [0.5, 0.6) is 5.75 Å². The first-order valence-corrected chi connectivity index (χ1v) is 7.23. The lowest BCUT2D eigenvalue weighted by Crippen LogP contribution is -2.19. The second kappa shape index (κ2) is 6.74. The van der Waals surface area contributed by atoms with Gasteiger partial charge in [-0.1, -0.05) is 12.1 Å². The van der Waals surface area contributed by atoms with E-state index in [9.17, 15) is 9.90 Å².